The molecule has 6 heteroatoms. The van der Waals surface area contributed by atoms with Crippen molar-refractivity contribution in [2.75, 3.05) is 30.9 Å². The predicted octanol–water partition coefficient (Wildman–Crippen LogP) is 6.84. The molecule has 4 rings (SSSR count). The van der Waals surface area contributed by atoms with E-state index in [1.807, 2.05) is 30.1 Å². The zero-order valence-electron chi connectivity index (χ0n) is 23.5. The highest BCUT2D eigenvalue weighted by atomic mass is 32.2. The molecule has 0 radical (unpaired) electrons. The minimum atomic E-state index is -0.0812. The summed E-state index contributed by atoms with van der Waals surface area (Å²) in [6, 6.07) is 11.4. The third kappa shape index (κ3) is 6.08. The first-order valence-electron chi connectivity index (χ1n) is 13.5. The Hall–Kier alpha value is -2.28. The topological polar surface area (TPSA) is 56.3 Å². The van der Waals surface area contributed by atoms with Gasteiger partial charge in [-0.1, -0.05) is 26.8 Å². The van der Waals surface area contributed by atoms with Crippen LogP contribution in [0.25, 0.3) is 22.2 Å². The third-order valence-corrected chi connectivity index (χ3v) is 8.58. The van der Waals surface area contributed by atoms with Gasteiger partial charge < -0.3 is 19.9 Å². The monoisotopic (exact) mass is 520 g/mol. The fourth-order valence-electron chi connectivity index (χ4n) is 5.50. The molecule has 37 heavy (non-hydrogen) atoms. The standard InChI is InChI=1S/C31H44N4OS/c1-8-22(32)17-24-20-34(15-16-37-24)23-12-13-28-26(18-23)27(19-31(4,5)6)30(35(28)9-2)25-11-10-14-33-29(25)21(3)36-7/h8,10-14,18,21-22,24H,1,9,15-17,19-20,32H2,2-7H3. The predicted molar refractivity (Wildman–Crippen MR) is 161 cm³/mol. The minimum Gasteiger partial charge on any atom is -0.375 e. The van der Waals surface area contributed by atoms with Crippen LogP contribution in [-0.2, 0) is 17.7 Å². The lowest BCUT2D eigenvalue weighted by molar-refractivity contribution is 0.116. The number of thioether (sulfide) groups is 1. The number of hydrogen-bond donors (Lipinski definition) is 1. The van der Waals surface area contributed by atoms with Crippen LogP contribution in [0.1, 0.15) is 58.4 Å². The van der Waals surface area contributed by atoms with Crippen molar-refractivity contribution >= 4 is 28.4 Å². The van der Waals surface area contributed by atoms with Crippen molar-refractivity contribution in [2.24, 2.45) is 11.1 Å². The van der Waals surface area contributed by atoms with E-state index < -0.39 is 0 Å². The Morgan fingerprint density at radius 2 is 2.08 bits per heavy atom. The molecule has 1 aromatic carbocycles. The van der Waals surface area contributed by atoms with Crippen LogP contribution >= 0.6 is 11.8 Å². The van der Waals surface area contributed by atoms with Gasteiger partial charge in [0.05, 0.1) is 17.5 Å². The molecule has 3 unspecified atom stereocenters. The van der Waals surface area contributed by atoms with Crippen LogP contribution in [0.15, 0.2) is 49.2 Å². The smallest absolute Gasteiger partial charge is 0.0969 e. The van der Waals surface area contributed by atoms with Crippen molar-refractivity contribution < 1.29 is 4.74 Å². The summed E-state index contributed by atoms with van der Waals surface area (Å²) in [5.74, 6) is 1.12. The second-order valence-electron chi connectivity index (χ2n) is 11.4. The van der Waals surface area contributed by atoms with Gasteiger partial charge in [-0.25, -0.2) is 0 Å². The van der Waals surface area contributed by atoms with E-state index >= 15 is 0 Å². The number of aromatic nitrogens is 2. The molecule has 1 aliphatic rings. The lowest BCUT2D eigenvalue weighted by atomic mass is 9.85. The van der Waals surface area contributed by atoms with Crippen molar-refractivity contribution in [3.05, 3.63) is 60.4 Å². The normalized spacial score (nSPS) is 18.2. The highest BCUT2D eigenvalue weighted by Gasteiger charge is 2.27. The second-order valence-corrected chi connectivity index (χ2v) is 12.8. The van der Waals surface area contributed by atoms with E-state index in [0.29, 0.717) is 5.25 Å². The fourth-order valence-corrected chi connectivity index (χ4v) is 6.81. The molecule has 3 aromatic rings. The Kier molecular flexibility index (Phi) is 8.72. The molecular weight excluding hydrogens is 476 g/mol. The van der Waals surface area contributed by atoms with Crippen LogP contribution in [0.4, 0.5) is 5.69 Å². The number of methoxy groups -OCH3 is 1. The average molecular weight is 521 g/mol. The molecule has 2 aromatic heterocycles. The van der Waals surface area contributed by atoms with Gasteiger partial charge in [-0.2, -0.15) is 11.8 Å². The Labute approximate surface area is 227 Å². The third-order valence-electron chi connectivity index (χ3n) is 7.35. The molecule has 200 valence electrons. The van der Waals surface area contributed by atoms with Crippen LogP contribution < -0.4 is 10.6 Å². The molecule has 5 nitrogen and oxygen atoms in total. The molecule has 1 saturated heterocycles. The van der Waals surface area contributed by atoms with Gasteiger partial charge in [0, 0.05) is 72.1 Å². The summed E-state index contributed by atoms with van der Waals surface area (Å²) in [6.45, 7) is 18.2. The van der Waals surface area contributed by atoms with Gasteiger partial charge >= 0.3 is 0 Å². The molecule has 0 saturated carbocycles. The molecule has 0 bridgehead atoms. The first-order valence-corrected chi connectivity index (χ1v) is 14.6. The van der Waals surface area contributed by atoms with Gasteiger partial charge in [0.1, 0.15) is 0 Å². The summed E-state index contributed by atoms with van der Waals surface area (Å²) < 4.78 is 8.21. The number of anilines is 1. The van der Waals surface area contributed by atoms with Crippen molar-refractivity contribution in [2.45, 2.75) is 71.4 Å². The van der Waals surface area contributed by atoms with Crippen molar-refractivity contribution in [3.8, 4) is 11.3 Å². The maximum absolute atomic E-state index is 6.21. The van der Waals surface area contributed by atoms with Crippen molar-refractivity contribution in [1.82, 2.24) is 9.55 Å². The number of nitrogens with two attached hydrogens (primary N) is 1. The van der Waals surface area contributed by atoms with E-state index in [0.717, 1.165) is 43.9 Å². The molecule has 1 fully saturated rings. The summed E-state index contributed by atoms with van der Waals surface area (Å²) in [5.41, 5.74) is 13.8. The van der Waals surface area contributed by atoms with E-state index in [9.17, 15) is 0 Å². The molecule has 0 spiro atoms. The van der Waals surface area contributed by atoms with Crippen LogP contribution in [-0.4, -0.2) is 46.8 Å². The fraction of sp³-hybridized carbons (Fsp3) is 0.516. The minimum absolute atomic E-state index is 0.0580. The largest absolute Gasteiger partial charge is 0.375 e. The van der Waals surface area contributed by atoms with Gasteiger partial charge in [-0.3, -0.25) is 4.98 Å². The highest BCUT2D eigenvalue weighted by molar-refractivity contribution is 8.00. The maximum Gasteiger partial charge on any atom is 0.0969 e. The van der Waals surface area contributed by atoms with Crippen LogP contribution in [0.3, 0.4) is 0 Å². The van der Waals surface area contributed by atoms with Crippen molar-refractivity contribution in [1.29, 1.82) is 0 Å². The summed E-state index contributed by atoms with van der Waals surface area (Å²) >= 11 is 2.04. The summed E-state index contributed by atoms with van der Waals surface area (Å²) in [4.78, 5) is 7.32. The number of nitrogens with zero attached hydrogens (tertiary/aromatic N) is 3. The van der Waals surface area contributed by atoms with E-state index in [1.165, 1.54) is 33.4 Å². The number of rotatable bonds is 9. The van der Waals surface area contributed by atoms with Crippen LogP contribution in [0, 0.1) is 5.41 Å². The van der Waals surface area contributed by atoms with E-state index in [1.54, 1.807) is 7.11 Å². The van der Waals surface area contributed by atoms with Crippen LogP contribution in [0.2, 0.25) is 0 Å². The molecule has 2 N–H and O–H groups in total. The molecule has 0 aliphatic carbocycles. The lowest BCUT2D eigenvalue weighted by Crippen LogP contribution is -2.40. The number of fused-ring (bicyclic) bond motifs is 1. The summed E-state index contributed by atoms with van der Waals surface area (Å²) in [6.07, 6.45) is 5.62. The molecule has 0 amide bonds. The Bertz CT molecular complexity index is 1230. The Morgan fingerprint density at radius 1 is 1.30 bits per heavy atom. The van der Waals surface area contributed by atoms with E-state index in [-0.39, 0.29) is 17.6 Å². The van der Waals surface area contributed by atoms with Crippen molar-refractivity contribution in [3.63, 3.8) is 0 Å². The van der Waals surface area contributed by atoms with E-state index in [4.69, 9.17) is 15.5 Å². The first kappa shape index (κ1) is 27.7. The van der Waals surface area contributed by atoms with E-state index in [2.05, 4.69) is 74.9 Å². The van der Waals surface area contributed by atoms with Gasteiger partial charge in [0.2, 0.25) is 0 Å². The molecule has 1 aliphatic heterocycles. The second kappa shape index (κ2) is 11.6. The number of benzene rings is 1. The van der Waals surface area contributed by atoms with Gasteiger partial charge in [0.25, 0.3) is 0 Å². The average Bonchev–Trinajstić information content (AvgIpc) is 3.19. The Balaban J connectivity index is 1.86. The number of aryl methyl sites for hydroxylation is 1. The summed E-state index contributed by atoms with van der Waals surface area (Å²) in [5, 5.41) is 1.87. The first-order chi connectivity index (χ1) is 17.7. The SMILES string of the molecule is C=CC(N)CC1CN(c2ccc3c(c2)c(CC(C)(C)C)c(-c2cccnc2C(C)OC)n3CC)CCS1. The highest BCUT2D eigenvalue weighted by Crippen LogP contribution is 2.41. The van der Waals surface area contributed by atoms with Gasteiger partial charge in [-0.05, 0) is 68.0 Å². The van der Waals surface area contributed by atoms with Crippen LogP contribution in [0.5, 0.6) is 0 Å². The zero-order chi connectivity index (χ0) is 26.7. The summed E-state index contributed by atoms with van der Waals surface area (Å²) in [7, 11) is 1.76. The van der Waals surface area contributed by atoms with Gasteiger partial charge in [-0.15, -0.1) is 6.58 Å². The zero-order valence-corrected chi connectivity index (χ0v) is 24.3. The molecule has 3 heterocycles. The molecule has 3 atom stereocenters. The van der Waals surface area contributed by atoms with Gasteiger partial charge in [0.15, 0.2) is 0 Å². The number of ether oxygens (including phenoxy) is 1. The lowest BCUT2D eigenvalue weighted by Gasteiger charge is -2.35. The number of hydrogen-bond acceptors (Lipinski definition) is 5. The molecular formula is C31H44N4OS. The quantitative estimate of drug-likeness (QED) is 0.313. The Morgan fingerprint density at radius 3 is 2.76 bits per heavy atom. The number of pyridine rings is 1. The maximum atomic E-state index is 6.21.